The van der Waals surface area contributed by atoms with Crippen LogP contribution in [0.3, 0.4) is 0 Å². The molecule has 1 aromatic carbocycles. The molecule has 104 valence electrons. The van der Waals surface area contributed by atoms with Crippen molar-refractivity contribution in [2.24, 2.45) is 11.7 Å². The molecule has 2 unspecified atom stereocenters. The lowest BCUT2D eigenvalue weighted by Gasteiger charge is -2.26. The van der Waals surface area contributed by atoms with Crippen LogP contribution in [0.5, 0.6) is 0 Å². The van der Waals surface area contributed by atoms with Crippen molar-refractivity contribution in [3.63, 3.8) is 0 Å². The van der Waals surface area contributed by atoms with E-state index in [1.54, 1.807) is 17.8 Å². The molecule has 1 saturated carbocycles. The van der Waals surface area contributed by atoms with Crippen molar-refractivity contribution in [1.82, 2.24) is 0 Å². The summed E-state index contributed by atoms with van der Waals surface area (Å²) in [6.07, 6.45) is 3.05. The number of carboxylic acids is 1. The molecule has 0 aromatic heterocycles. The summed E-state index contributed by atoms with van der Waals surface area (Å²) in [5, 5.41) is 9.21. The number of halogens is 1. The van der Waals surface area contributed by atoms with Gasteiger partial charge in [-0.3, -0.25) is 4.79 Å². The minimum Gasteiger partial charge on any atom is -0.480 e. The molecule has 3 N–H and O–H groups in total. The number of benzene rings is 1. The molecule has 2 rings (SSSR count). The fourth-order valence-electron chi connectivity index (χ4n) is 2.66. The van der Waals surface area contributed by atoms with E-state index in [4.69, 9.17) is 5.73 Å². The first-order valence-corrected chi connectivity index (χ1v) is 7.41. The molecule has 0 amide bonds. The molecule has 0 saturated heterocycles. The van der Waals surface area contributed by atoms with Gasteiger partial charge in [0, 0.05) is 4.90 Å². The van der Waals surface area contributed by atoms with Crippen molar-refractivity contribution in [1.29, 1.82) is 0 Å². The van der Waals surface area contributed by atoms with Crippen LogP contribution in [0.4, 0.5) is 4.39 Å². The Kier molecular flexibility index (Phi) is 4.47. The Bertz CT molecular complexity index is 469. The molecule has 1 aliphatic carbocycles. The first-order chi connectivity index (χ1) is 9.02. The lowest BCUT2D eigenvalue weighted by atomic mass is 9.86. The quantitative estimate of drug-likeness (QED) is 0.816. The number of carboxylic acid groups (broad SMARTS) is 1. The minimum atomic E-state index is -1.07. The Labute approximate surface area is 116 Å². The van der Waals surface area contributed by atoms with Crippen molar-refractivity contribution in [3.05, 3.63) is 30.1 Å². The van der Waals surface area contributed by atoms with Gasteiger partial charge in [0.1, 0.15) is 11.4 Å². The Balaban J connectivity index is 1.87. The molecule has 0 aliphatic heterocycles. The van der Waals surface area contributed by atoms with Gasteiger partial charge in [-0.15, -0.1) is 11.8 Å². The van der Waals surface area contributed by atoms with Crippen molar-refractivity contribution in [3.8, 4) is 0 Å². The van der Waals surface area contributed by atoms with Crippen LogP contribution in [-0.2, 0) is 4.79 Å². The Morgan fingerprint density at radius 1 is 1.58 bits per heavy atom. The molecule has 2 atom stereocenters. The van der Waals surface area contributed by atoms with E-state index in [1.165, 1.54) is 12.1 Å². The predicted molar refractivity (Wildman–Crippen MR) is 73.6 cm³/mol. The third kappa shape index (κ3) is 3.28. The van der Waals surface area contributed by atoms with Crippen LogP contribution in [0.25, 0.3) is 0 Å². The topological polar surface area (TPSA) is 63.3 Å². The zero-order chi connectivity index (χ0) is 13.9. The van der Waals surface area contributed by atoms with Gasteiger partial charge in [0.05, 0.1) is 0 Å². The van der Waals surface area contributed by atoms with Crippen molar-refractivity contribution >= 4 is 17.7 Å². The van der Waals surface area contributed by atoms with Crippen LogP contribution in [-0.4, -0.2) is 22.4 Å². The molecule has 1 aliphatic rings. The van der Waals surface area contributed by atoms with Crippen LogP contribution in [0.15, 0.2) is 29.2 Å². The summed E-state index contributed by atoms with van der Waals surface area (Å²) in [6, 6.07) is 6.44. The van der Waals surface area contributed by atoms with Gasteiger partial charge in [0.25, 0.3) is 0 Å². The van der Waals surface area contributed by atoms with Gasteiger partial charge >= 0.3 is 5.97 Å². The van der Waals surface area contributed by atoms with Crippen LogP contribution >= 0.6 is 11.8 Å². The molecule has 5 heteroatoms. The normalized spacial score (nSPS) is 26.5. The molecule has 0 heterocycles. The zero-order valence-electron chi connectivity index (χ0n) is 10.6. The second-order valence-electron chi connectivity index (χ2n) is 5.03. The molecule has 1 fully saturated rings. The van der Waals surface area contributed by atoms with Gasteiger partial charge < -0.3 is 10.8 Å². The van der Waals surface area contributed by atoms with Gasteiger partial charge in [-0.2, -0.15) is 0 Å². The molecule has 0 radical (unpaired) electrons. The first kappa shape index (κ1) is 14.3. The van der Waals surface area contributed by atoms with Crippen LogP contribution in [0.2, 0.25) is 0 Å². The number of hydrogen-bond acceptors (Lipinski definition) is 3. The predicted octanol–water partition coefficient (Wildman–Crippen LogP) is 2.89. The molecule has 1 aromatic rings. The number of rotatable bonds is 5. The largest absolute Gasteiger partial charge is 0.480 e. The monoisotopic (exact) mass is 283 g/mol. The van der Waals surface area contributed by atoms with Gasteiger partial charge in [0.2, 0.25) is 0 Å². The summed E-state index contributed by atoms with van der Waals surface area (Å²) in [6.45, 7) is 0. The van der Waals surface area contributed by atoms with E-state index in [0.29, 0.717) is 6.42 Å². The summed E-state index contributed by atoms with van der Waals surface area (Å²) in [7, 11) is 0. The zero-order valence-corrected chi connectivity index (χ0v) is 11.5. The number of nitrogens with two attached hydrogens (primary N) is 1. The van der Waals surface area contributed by atoms with E-state index >= 15 is 0 Å². The number of aliphatic carboxylic acids is 1. The fraction of sp³-hybridized carbons (Fsp3) is 0.500. The SMILES string of the molecule is NC1(C(=O)O)CCCC1CCSc1cccc(F)c1. The molecule has 19 heavy (non-hydrogen) atoms. The highest BCUT2D eigenvalue weighted by Crippen LogP contribution is 2.37. The lowest BCUT2D eigenvalue weighted by Crippen LogP contribution is -2.51. The number of thioether (sulfide) groups is 1. The third-order valence-corrected chi connectivity index (χ3v) is 4.83. The highest BCUT2D eigenvalue weighted by Gasteiger charge is 2.45. The van der Waals surface area contributed by atoms with Crippen LogP contribution < -0.4 is 5.73 Å². The van der Waals surface area contributed by atoms with Crippen LogP contribution in [0.1, 0.15) is 25.7 Å². The maximum absolute atomic E-state index is 13.0. The highest BCUT2D eigenvalue weighted by atomic mass is 32.2. The van der Waals surface area contributed by atoms with E-state index in [1.807, 2.05) is 6.07 Å². The second-order valence-corrected chi connectivity index (χ2v) is 6.20. The highest BCUT2D eigenvalue weighted by molar-refractivity contribution is 7.99. The molecule has 0 spiro atoms. The summed E-state index contributed by atoms with van der Waals surface area (Å²) >= 11 is 1.55. The van der Waals surface area contributed by atoms with E-state index in [9.17, 15) is 14.3 Å². The van der Waals surface area contributed by atoms with Gasteiger partial charge in [-0.25, -0.2) is 4.39 Å². The molecule has 0 bridgehead atoms. The van der Waals surface area contributed by atoms with Crippen LogP contribution in [0, 0.1) is 11.7 Å². The Morgan fingerprint density at radius 3 is 3.05 bits per heavy atom. The molecular weight excluding hydrogens is 265 g/mol. The standard InChI is InChI=1S/C14H18FNO2S/c15-11-4-1-5-12(9-11)19-8-6-10-3-2-7-14(10,16)13(17)18/h1,4-5,9-10H,2-3,6-8,16H2,(H,17,18). The average Bonchev–Trinajstić information content (AvgIpc) is 2.73. The molecular formula is C14H18FNO2S. The summed E-state index contributed by atoms with van der Waals surface area (Å²) in [5.41, 5.74) is 4.91. The van der Waals surface area contributed by atoms with Gasteiger partial charge in [0.15, 0.2) is 0 Å². The maximum atomic E-state index is 13.0. The minimum absolute atomic E-state index is 0.0195. The lowest BCUT2D eigenvalue weighted by molar-refractivity contribution is -0.144. The van der Waals surface area contributed by atoms with Crippen molar-refractivity contribution < 1.29 is 14.3 Å². The van der Waals surface area contributed by atoms with Gasteiger partial charge in [-0.1, -0.05) is 12.5 Å². The third-order valence-electron chi connectivity index (χ3n) is 3.80. The summed E-state index contributed by atoms with van der Waals surface area (Å²) < 4.78 is 13.0. The van der Waals surface area contributed by atoms with E-state index in [-0.39, 0.29) is 11.7 Å². The summed E-state index contributed by atoms with van der Waals surface area (Å²) in [5.74, 6) is -0.359. The Hall–Kier alpha value is -1.07. The second kappa shape index (κ2) is 5.92. The van der Waals surface area contributed by atoms with E-state index in [2.05, 4.69) is 0 Å². The van der Waals surface area contributed by atoms with Crippen molar-refractivity contribution in [2.75, 3.05) is 5.75 Å². The smallest absolute Gasteiger partial charge is 0.323 e. The van der Waals surface area contributed by atoms with E-state index in [0.717, 1.165) is 29.9 Å². The number of carbonyl (C=O) groups is 1. The van der Waals surface area contributed by atoms with Gasteiger partial charge in [-0.05, 0) is 49.1 Å². The Morgan fingerprint density at radius 2 is 2.37 bits per heavy atom. The van der Waals surface area contributed by atoms with E-state index < -0.39 is 11.5 Å². The average molecular weight is 283 g/mol. The molecule has 3 nitrogen and oxygen atoms in total. The van der Waals surface area contributed by atoms with Crippen molar-refractivity contribution in [2.45, 2.75) is 36.1 Å². The maximum Gasteiger partial charge on any atom is 0.323 e. The number of hydrogen-bond donors (Lipinski definition) is 2. The summed E-state index contributed by atoms with van der Waals surface area (Å²) in [4.78, 5) is 12.1. The first-order valence-electron chi connectivity index (χ1n) is 6.43. The fourth-order valence-corrected chi connectivity index (χ4v) is 3.67.